The van der Waals surface area contributed by atoms with Gasteiger partial charge in [-0.25, -0.2) is 9.97 Å². The van der Waals surface area contributed by atoms with Crippen LogP contribution in [0.2, 0.25) is 0 Å². The first kappa shape index (κ1) is 18.4. The van der Waals surface area contributed by atoms with Gasteiger partial charge in [-0.2, -0.15) is 4.37 Å². The Labute approximate surface area is 173 Å². The van der Waals surface area contributed by atoms with Gasteiger partial charge >= 0.3 is 0 Å². The first-order valence-electron chi connectivity index (χ1n) is 10.3. The third-order valence-corrected chi connectivity index (χ3v) is 6.89. The lowest BCUT2D eigenvalue weighted by molar-refractivity contribution is 0.350. The van der Waals surface area contributed by atoms with E-state index in [1.807, 2.05) is 12.1 Å². The zero-order valence-electron chi connectivity index (χ0n) is 16.3. The Morgan fingerprint density at radius 3 is 2.59 bits per heavy atom. The second-order valence-electron chi connectivity index (χ2n) is 7.99. The number of rotatable bonds is 5. The van der Waals surface area contributed by atoms with Crippen molar-refractivity contribution in [2.75, 3.05) is 18.0 Å². The molecule has 0 N–H and O–H groups in total. The fourth-order valence-corrected chi connectivity index (χ4v) is 4.81. The van der Waals surface area contributed by atoms with Crippen LogP contribution in [0, 0.1) is 5.92 Å². The molecule has 0 radical (unpaired) electrons. The molecule has 8 heteroatoms. The summed E-state index contributed by atoms with van der Waals surface area (Å²) < 4.78 is 6.32. The maximum absolute atomic E-state index is 12.6. The minimum atomic E-state index is 0.00325. The molecular weight excluding hydrogens is 384 g/mol. The third kappa shape index (κ3) is 3.94. The van der Waals surface area contributed by atoms with E-state index in [1.165, 1.54) is 30.8 Å². The van der Waals surface area contributed by atoms with E-state index >= 15 is 0 Å². The molecule has 7 nitrogen and oxygen atoms in total. The molecule has 5 rings (SSSR count). The molecule has 29 heavy (non-hydrogen) atoms. The molecular formula is C21H24N6OS. The Balaban J connectivity index is 1.19. The Kier molecular flexibility index (Phi) is 5.10. The Hall–Kier alpha value is -2.61. The molecule has 1 saturated heterocycles. The molecule has 0 aromatic carbocycles. The largest absolute Gasteiger partial charge is 0.347 e. The first-order chi connectivity index (χ1) is 14.3. The molecule has 2 aliphatic rings. The van der Waals surface area contributed by atoms with Crippen LogP contribution >= 0.6 is 11.5 Å². The van der Waals surface area contributed by atoms with E-state index in [2.05, 4.69) is 19.2 Å². The molecule has 2 fully saturated rings. The molecule has 0 bridgehead atoms. The fraction of sp³-hybridized carbons (Fsp3) is 0.476. The zero-order valence-corrected chi connectivity index (χ0v) is 17.1. The summed E-state index contributed by atoms with van der Waals surface area (Å²) in [7, 11) is 0. The molecule has 3 aromatic rings. The summed E-state index contributed by atoms with van der Waals surface area (Å²) in [6, 6.07) is 5.35. The molecule has 0 spiro atoms. The second kappa shape index (κ2) is 8.02. The standard InChI is InChI=1S/C21H24N6OS/c28-19-12-18(16-4-8-22-9-5-16)23-14-27(19)13-15-6-10-26(11-7-15)21-24-20(25-29-21)17-2-1-3-17/h4-5,8-9,12,14-15,17H,1-3,6-7,10-11,13H2. The van der Waals surface area contributed by atoms with Crippen LogP contribution in [0.1, 0.15) is 43.8 Å². The lowest BCUT2D eigenvalue weighted by Crippen LogP contribution is -2.36. The highest BCUT2D eigenvalue weighted by atomic mass is 32.1. The van der Waals surface area contributed by atoms with Gasteiger partial charge < -0.3 is 4.90 Å². The minimum absolute atomic E-state index is 0.00325. The average molecular weight is 409 g/mol. The van der Waals surface area contributed by atoms with Crippen molar-refractivity contribution < 1.29 is 0 Å². The van der Waals surface area contributed by atoms with E-state index in [9.17, 15) is 4.79 Å². The van der Waals surface area contributed by atoms with E-state index in [4.69, 9.17) is 4.98 Å². The lowest BCUT2D eigenvalue weighted by Gasteiger charge is -2.31. The molecule has 1 aliphatic heterocycles. The second-order valence-corrected chi connectivity index (χ2v) is 8.72. The van der Waals surface area contributed by atoms with E-state index in [1.54, 1.807) is 29.4 Å². The summed E-state index contributed by atoms with van der Waals surface area (Å²) in [4.78, 5) is 28.2. The molecule has 150 valence electrons. The van der Waals surface area contributed by atoms with Gasteiger partial charge in [0.25, 0.3) is 5.56 Å². The van der Waals surface area contributed by atoms with Crippen LogP contribution in [-0.4, -0.2) is 37.0 Å². The van der Waals surface area contributed by atoms with Crippen LogP contribution in [0.15, 0.2) is 41.7 Å². The first-order valence-corrected chi connectivity index (χ1v) is 11.1. The van der Waals surface area contributed by atoms with E-state index in [0.717, 1.165) is 49.0 Å². The van der Waals surface area contributed by atoms with Crippen LogP contribution in [0.4, 0.5) is 5.13 Å². The van der Waals surface area contributed by atoms with Crippen molar-refractivity contribution in [2.24, 2.45) is 5.92 Å². The number of anilines is 1. The average Bonchev–Trinajstić information content (AvgIpc) is 3.19. The van der Waals surface area contributed by atoms with Crippen molar-refractivity contribution >= 4 is 16.7 Å². The normalized spacial score (nSPS) is 18.0. The Morgan fingerprint density at radius 1 is 1.10 bits per heavy atom. The Bertz CT molecular complexity index is 1020. The van der Waals surface area contributed by atoms with E-state index in [0.29, 0.717) is 17.5 Å². The van der Waals surface area contributed by atoms with Crippen molar-refractivity contribution in [3.63, 3.8) is 0 Å². The van der Waals surface area contributed by atoms with Gasteiger partial charge in [-0.05, 0) is 43.7 Å². The van der Waals surface area contributed by atoms with Crippen LogP contribution in [-0.2, 0) is 6.54 Å². The highest BCUT2D eigenvalue weighted by molar-refractivity contribution is 7.09. The van der Waals surface area contributed by atoms with Gasteiger partial charge in [-0.15, -0.1) is 0 Å². The maximum Gasteiger partial charge on any atom is 0.253 e. The molecule has 0 atom stereocenters. The number of aromatic nitrogens is 5. The van der Waals surface area contributed by atoms with Crippen molar-refractivity contribution in [3.05, 3.63) is 53.1 Å². The van der Waals surface area contributed by atoms with Gasteiger partial charge in [0.15, 0.2) is 0 Å². The van der Waals surface area contributed by atoms with Crippen molar-refractivity contribution in [3.8, 4) is 11.3 Å². The summed E-state index contributed by atoms with van der Waals surface area (Å²) in [5.74, 6) is 2.12. The van der Waals surface area contributed by atoms with Crippen molar-refractivity contribution in [2.45, 2.75) is 44.6 Å². The van der Waals surface area contributed by atoms with E-state index in [-0.39, 0.29) is 5.56 Å². The predicted molar refractivity (Wildman–Crippen MR) is 113 cm³/mol. The quantitative estimate of drug-likeness (QED) is 0.644. The van der Waals surface area contributed by atoms with Gasteiger partial charge in [-0.3, -0.25) is 14.3 Å². The molecule has 1 saturated carbocycles. The van der Waals surface area contributed by atoms with Gasteiger partial charge in [0.1, 0.15) is 5.82 Å². The molecule has 3 aromatic heterocycles. The highest BCUT2D eigenvalue weighted by Gasteiger charge is 2.26. The molecule has 0 unspecified atom stereocenters. The summed E-state index contributed by atoms with van der Waals surface area (Å²) >= 11 is 1.54. The zero-order chi connectivity index (χ0) is 19.6. The SMILES string of the molecule is O=c1cc(-c2ccncc2)ncn1CC1CCN(c2nc(C3CCC3)ns2)CC1. The topological polar surface area (TPSA) is 76.8 Å². The van der Waals surface area contributed by atoms with Crippen LogP contribution in [0.5, 0.6) is 0 Å². The van der Waals surface area contributed by atoms with Crippen molar-refractivity contribution in [1.82, 2.24) is 23.9 Å². The van der Waals surface area contributed by atoms with Crippen molar-refractivity contribution in [1.29, 1.82) is 0 Å². The number of pyridine rings is 1. The smallest absolute Gasteiger partial charge is 0.253 e. The number of piperidine rings is 1. The summed E-state index contributed by atoms with van der Waals surface area (Å²) in [5.41, 5.74) is 1.61. The van der Waals surface area contributed by atoms with Gasteiger partial charge in [0, 0.05) is 61.1 Å². The minimum Gasteiger partial charge on any atom is -0.347 e. The molecule has 4 heterocycles. The van der Waals surface area contributed by atoms with Crippen LogP contribution in [0.25, 0.3) is 11.3 Å². The third-order valence-electron chi connectivity index (χ3n) is 6.10. The van der Waals surface area contributed by atoms with E-state index < -0.39 is 0 Å². The maximum atomic E-state index is 12.6. The number of nitrogens with zero attached hydrogens (tertiary/aromatic N) is 6. The predicted octanol–water partition coefficient (Wildman–Crippen LogP) is 3.34. The lowest BCUT2D eigenvalue weighted by atomic mass is 9.85. The Morgan fingerprint density at radius 2 is 1.90 bits per heavy atom. The molecule has 0 amide bonds. The number of hydrogen-bond acceptors (Lipinski definition) is 7. The van der Waals surface area contributed by atoms with Gasteiger partial charge in [-0.1, -0.05) is 6.42 Å². The summed E-state index contributed by atoms with van der Waals surface area (Å²) in [6.45, 7) is 2.67. The summed E-state index contributed by atoms with van der Waals surface area (Å²) in [6.07, 6.45) is 11.0. The fourth-order valence-electron chi connectivity index (χ4n) is 4.02. The summed E-state index contributed by atoms with van der Waals surface area (Å²) in [5, 5.41) is 1.06. The van der Waals surface area contributed by atoms with Crippen LogP contribution in [0.3, 0.4) is 0 Å². The van der Waals surface area contributed by atoms with Crippen LogP contribution < -0.4 is 10.5 Å². The van der Waals surface area contributed by atoms with Gasteiger partial charge in [0.05, 0.1) is 12.0 Å². The monoisotopic (exact) mass is 408 g/mol. The highest BCUT2D eigenvalue weighted by Crippen LogP contribution is 2.36. The van der Waals surface area contributed by atoms with Gasteiger partial charge in [0.2, 0.25) is 5.13 Å². The number of hydrogen-bond donors (Lipinski definition) is 0. The molecule has 1 aliphatic carbocycles.